The molecular formula is C15H20N2O2. The van der Waals surface area contributed by atoms with Crippen molar-refractivity contribution in [3.63, 3.8) is 0 Å². The second-order valence-corrected chi connectivity index (χ2v) is 4.72. The number of hydrogen-bond acceptors (Lipinski definition) is 3. The van der Waals surface area contributed by atoms with Crippen LogP contribution in [-0.4, -0.2) is 21.3 Å². The van der Waals surface area contributed by atoms with E-state index in [9.17, 15) is 0 Å². The van der Waals surface area contributed by atoms with E-state index in [1.807, 2.05) is 43.1 Å². The van der Waals surface area contributed by atoms with E-state index >= 15 is 0 Å². The summed E-state index contributed by atoms with van der Waals surface area (Å²) < 4.78 is 7.89. The van der Waals surface area contributed by atoms with Gasteiger partial charge in [0.15, 0.2) is 0 Å². The largest absolute Gasteiger partial charge is 0.493 e. The third-order valence-corrected chi connectivity index (χ3v) is 3.07. The number of aliphatic hydroxyl groups excluding tert-OH is 1. The molecule has 0 atom stereocenters. The second kappa shape index (κ2) is 6.38. The summed E-state index contributed by atoms with van der Waals surface area (Å²) in [5.41, 5.74) is 3.08. The minimum Gasteiger partial charge on any atom is -0.493 e. The van der Waals surface area contributed by atoms with Crippen molar-refractivity contribution >= 4 is 0 Å². The van der Waals surface area contributed by atoms with Crippen molar-refractivity contribution in [2.24, 2.45) is 0 Å². The van der Waals surface area contributed by atoms with Crippen LogP contribution >= 0.6 is 0 Å². The van der Waals surface area contributed by atoms with Gasteiger partial charge < -0.3 is 14.4 Å². The Morgan fingerprint density at radius 1 is 1.26 bits per heavy atom. The van der Waals surface area contributed by atoms with E-state index in [-0.39, 0.29) is 6.61 Å². The minimum atomic E-state index is 0.0720. The van der Waals surface area contributed by atoms with Crippen LogP contribution in [0.15, 0.2) is 30.9 Å². The highest BCUT2D eigenvalue weighted by Gasteiger charge is 2.06. The second-order valence-electron chi connectivity index (χ2n) is 4.72. The molecule has 0 spiro atoms. The minimum absolute atomic E-state index is 0.0720. The normalized spacial score (nSPS) is 10.7. The molecule has 0 radical (unpaired) electrons. The van der Waals surface area contributed by atoms with E-state index in [2.05, 4.69) is 4.98 Å². The van der Waals surface area contributed by atoms with Crippen LogP contribution in [0.4, 0.5) is 0 Å². The predicted octanol–water partition coefficient (Wildman–Crippen LogP) is 2.46. The fraction of sp³-hybridized carbons (Fsp3) is 0.400. The highest BCUT2D eigenvalue weighted by atomic mass is 16.5. The molecule has 0 saturated carbocycles. The van der Waals surface area contributed by atoms with Gasteiger partial charge >= 0.3 is 0 Å². The topological polar surface area (TPSA) is 47.3 Å². The van der Waals surface area contributed by atoms with Gasteiger partial charge in [0.2, 0.25) is 0 Å². The number of hydrogen-bond donors (Lipinski definition) is 1. The molecule has 1 N–H and O–H groups in total. The molecule has 19 heavy (non-hydrogen) atoms. The van der Waals surface area contributed by atoms with Crippen molar-refractivity contribution in [2.45, 2.75) is 33.4 Å². The highest BCUT2D eigenvalue weighted by molar-refractivity contribution is 5.43. The Labute approximate surface area is 113 Å². The smallest absolute Gasteiger partial charge is 0.125 e. The number of nitrogens with zero attached hydrogens (tertiary/aromatic N) is 2. The first-order valence-corrected chi connectivity index (χ1v) is 6.50. The first-order chi connectivity index (χ1) is 9.20. The van der Waals surface area contributed by atoms with Gasteiger partial charge in [0.25, 0.3) is 0 Å². The van der Waals surface area contributed by atoms with Crippen LogP contribution in [0.3, 0.4) is 0 Å². The lowest BCUT2D eigenvalue weighted by Crippen LogP contribution is -2.05. The van der Waals surface area contributed by atoms with Crippen LogP contribution in [0.5, 0.6) is 5.75 Å². The SMILES string of the molecule is Cc1cc(CO)cc(C)c1OCCCn1ccnc1. The molecule has 1 aromatic carbocycles. The van der Waals surface area contributed by atoms with E-state index in [0.29, 0.717) is 6.61 Å². The number of imidazole rings is 1. The maximum absolute atomic E-state index is 9.15. The lowest BCUT2D eigenvalue weighted by Gasteiger charge is -2.13. The average molecular weight is 260 g/mol. The molecule has 0 bridgehead atoms. The molecular weight excluding hydrogens is 240 g/mol. The Morgan fingerprint density at radius 3 is 2.58 bits per heavy atom. The number of benzene rings is 1. The third kappa shape index (κ3) is 3.58. The molecule has 0 aliphatic carbocycles. The number of aliphatic hydroxyl groups is 1. The quantitative estimate of drug-likeness (QED) is 0.812. The first kappa shape index (κ1) is 13.6. The van der Waals surface area contributed by atoms with E-state index in [1.165, 1.54) is 0 Å². The molecule has 0 amide bonds. The molecule has 4 heteroatoms. The molecule has 4 nitrogen and oxygen atoms in total. The monoisotopic (exact) mass is 260 g/mol. The van der Waals surface area contributed by atoms with Crippen molar-refractivity contribution in [3.8, 4) is 5.75 Å². The molecule has 0 saturated heterocycles. The fourth-order valence-electron chi connectivity index (χ4n) is 2.20. The molecule has 0 unspecified atom stereocenters. The van der Waals surface area contributed by atoms with Crippen LogP contribution in [-0.2, 0) is 13.2 Å². The lowest BCUT2D eigenvalue weighted by atomic mass is 10.1. The van der Waals surface area contributed by atoms with Crippen LogP contribution in [0.25, 0.3) is 0 Å². The van der Waals surface area contributed by atoms with Crippen molar-refractivity contribution < 1.29 is 9.84 Å². The van der Waals surface area contributed by atoms with E-state index in [4.69, 9.17) is 9.84 Å². The molecule has 2 rings (SSSR count). The summed E-state index contributed by atoms with van der Waals surface area (Å²) in [6, 6.07) is 3.94. The molecule has 0 fully saturated rings. The number of rotatable bonds is 6. The van der Waals surface area contributed by atoms with Crippen molar-refractivity contribution in [2.75, 3.05) is 6.61 Å². The number of ether oxygens (including phenoxy) is 1. The lowest BCUT2D eigenvalue weighted by molar-refractivity contribution is 0.280. The standard InChI is InChI=1S/C15H20N2O2/c1-12-8-14(10-18)9-13(2)15(12)19-7-3-5-17-6-4-16-11-17/h4,6,8-9,11,18H,3,5,7,10H2,1-2H3. The van der Waals surface area contributed by atoms with Gasteiger partial charge in [0, 0.05) is 18.9 Å². The summed E-state index contributed by atoms with van der Waals surface area (Å²) in [6.07, 6.45) is 6.48. The van der Waals surface area contributed by atoms with Crippen LogP contribution in [0, 0.1) is 13.8 Å². The van der Waals surface area contributed by atoms with Gasteiger partial charge in [-0.25, -0.2) is 4.98 Å². The molecule has 0 aliphatic heterocycles. The number of aryl methyl sites for hydroxylation is 3. The zero-order chi connectivity index (χ0) is 13.7. The highest BCUT2D eigenvalue weighted by Crippen LogP contribution is 2.25. The molecule has 102 valence electrons. The van der Waals surface area contributed by atoms with E-state index in [0.717, 1.165) is 35.4 Å². The van der Waals surface area contributed by atoms with E-state index < -0.39 is 0 Å². The zero-order valence-electron chi connectivity index (χ0n) is 11.5. The average Bonchev–Trinajstić information content (AvgIpc) is 2.89. The fourth-order valence-corrected chi connectivity index (χ4v) is 2.20. The van der Waals surface area contributed by atoms with Crippen molar-refractivity contribution in [1.82, 2.24) is 9.55 Å². The first-order valence-electron chi connectivity index (χ1n) is 6.50. The summed E-state index contributed by atoms with van der Waals surface area (Å²) in [4.78, 5) is 4.00. The molecule has 1 heterocycles. The Hall–Kier alpha value is -1.81. The maximum atomic E-state index is 9.15. The Morgan fingerprint density at radius 2 is 2.00 bits per heavy atom. The van der Waals surface area contributed by atoms with Gasteiger partial charge in [0.05, 0.1) is 19.5 Å². The van der Waals surface area contributed by atoms with Gasteiger partial charge in [-0.2, -0.15) is 0 Å². The molecule has 2 aromatic rings. The van der Waals surface area contributed by atoms with Gasteiger partial charge in [-0.3, -0.25) is 0 Å². The number of aromatic nitrogens is 2. The Bertz CT molecular complexity index is 498. The predicted molar refractivity (Wildman–Crippen MR) is 74.2 cm³/mol. The van der Waals surface area contributed by atoms with Gasteiger partial charge in [-0.1, -0.05) is 12.1 Å². The Balaban J connectivity index is 1.89. The summed E-state index contributed by atoms with van der Waals surface area (Å²) in [5.74, 6) is 0.933. The zero-order valence-corrected chi connectivity index (χ0v) is 11.5. The van der Waals surface area contributed by atoms with Crippen molar-refractivity contribution in [1.29, 1.82) is 0 Å². The summed E-state index contributed by atoms with van der Waals surface area (Å²) in [6.45, 7) is 5.68. The van der Waals surface area contributed by atoms with Crippen molar-refractivity contribution in [3.05, 3.63) is 47.5 Å². The molecule has 0 aliphatic rings. The van der Waals surface area contributed by atoms with Crippen LogP contribution < -0.4 is 4.74 Å². The van der Waals surface area contributed by atoms with E-state index in [1.54, 1.807) is 6.20 Å². The van der Waals surface area contributed by atoms with Gasteiger partial charge in [0.1, 0.15) is 5.75 Å². The van der Waals surface area contributed by atoms with Crippen LogP contribution in [0.1, 0.15) is 23.1 Å². The van der Waals surface area contributed by atoms with Gasteiger partial charge in [-0.15, -0.1) is 0 Å². The Kier molecular flexibility index (Phi) is 4.58. The van der Waals surface area contributed by atoms with Crippen LogP contribution in [0.2, 0.25) is 0 Å². The van der Waals surface area contributed by atoms with Gasteiger partial charge in [-0.05, 0) is 37.0 Å². The third-order valence-electron chi connectivity index (χ3n) is 3.07. The summed E-state index contributed by atoms with van der Waals surface area (Å²) >= 11 is 0. The maximum Gasteiger partial charge on any atom is 0.125 e. The summed E-state index contributed by atoms with van der Waals surface area (Å²) in [7, 11) is 0. The molecule has 1 aromatic heterocycles. The summed E-state index contributed by atoms with van der Waals surface area (Å²) in [5, 5.41) is 9.15.